The Morgan fingerprint density at radius 3 is 2.32 bits per heavy atom. The standard InChI is InChI=1S/C21H43N3O3Si/c1-21(2,3)24-19(25)16-22-18(14-17-10-8-7-9-11-17)15-23-20(26)27-12-13-28(4,5)6/h17-18,22H,7-16H2,1-6H3,(H,23,26)(H,24,25)/t18-/m0/s1. The number of ether oxygens (including phenoxy) is 1. The molecule has 0 aromatic heterocycles. The summed E-state index contributed by atoms with van der Waals surface area (Å²) in [7, 11) is -1.21. The molecule has 0 unspecified atom stereocenters. The van der Waals surface area contributed by atoms with E-state index in [1.54, 1.807) is 0 Å². The van der Waals surface area contributed by atoms with Gasteiger partial charge in [-0.1, -0.05) is 51.7 Å². The summed E-state index contributed by atoms with van der Waals surface area (Å²) in [6.07, 6.45) is 7.01. The maximum Gasteiger partial charge on any atom is 0.407 e. The maximum absolute atomic E-state index is 12.1. The normalized spacial score (nSPS) is 17.1. The first kappa shape index (κ1) is 25.0. The lowest BCUT2D eigenvalue weighted by atomic mass is 9.85. The summed E-state index contributed by atoms with van der Waals surface area (Å²) in [6, 6.07) is 1.05. The molecule has 0 saturated heterocycles. The van der Waals surface area contributed by atoms with E-state index in [1.165, 1.54) is 32.1 Å². The molecule has 3 N–H and O–H groups in total. The van der Waals surface area contributed by atoms with Gasteiger partial charge in [-0.25, -0.2) is 4.79 Å². The molecule has 1 fully saturated rings. The molecule has 1 aliphatic carbocycles. The molecule has 0 heterocycles. The second kappa shape index (κ2) is 11.8. The average molecular weight is 414 g/mol. The summed E-state index contributed by atoms with van der Waals surface area (Å²) in [5.74, 6) is 0.653. The van der Waals surface area contributed by atoms with Gasteiger partial charge in [0, 0.05) is 26.2 Å². The Bertz CT molecular complexity index is 480. The van der Waals surface area contributed by atoms with Crippen LogP contribution in [0.15, 0.2) is 0 Å². The lowest BCUT2D eigenvalue weighted by Crippen LogP contribution is -2.49. The highest BCUT2D eigenvalue weighted by Gasteiger charge is 2.21. The smallest absolute Gasteiger partial charge is 0.407 e. The van der Waals surface area contributed by atoms with Crippen LogP contribution in [-0.2, 0) is 9.53 Å². The first-order valence-electron chi connectivity index (χ1n) is 10.9. The zero-order valence-electron chi connectivity index (χ0n) is 19.0. The van der Waals surface area contributed by atoms with Gasteiger partial charge in [0.2, 0.25) is 5.91 Å². The van der Waals surface area contributed by atoms with Gasteiger partial charge in [-0.2, -0.15) is 0 Å². The summed E-state index contributed by atoms with van der Waals surface area (Å²) in [5, 5.41) is 9.22. The molecule has 0 aliphatic heterocycles. The number of amides is 2. The van der Waals surface area contributed by atoms with Crippen LogP contribution in [0.1, 0.15) is 59.3 Å². The Kier molecular flexibility index (Phi) is 10.5. The minimum atomic E-state index is -1.21. The molecule has 1 aliphatic rings. The summed E-state index contributed by atoms with van der Waals surface area (Å²) < 4.78 is 5.33. The van der Waals surface area contributed by atoms with Crippen molar-refractivity contribution >= 4 is 20.1 Å². The van der Waals surface area contributed by atoms with E-state index < -0.39 is 8.07 Å². The van der Waals surface area contributed by atoms with E-state index in [-0.39, 0.29) is 30.1 Å². The quantitative estimate of drug-likeness (QED) is 0.475. The summed E-state index contributed by atoms with van der Waals surface area (Å²) in [4.78, 5) is 24.2. The molecule has 0 bridgehead atoms. The third-order valence-corrected chi connectivity index (χ3v) is 6.69. The SMILES string of the molecule is CC(C)(C)NC(=O)CN[C@H](CNC(=O)OCC[Si](C)(C)C)CC1CCCCC1. The molecule has 28 heavy (non-hydrogen) atoms. The van der Waals surface area contributed by atoms with Gasteiger partial charge in [-0.05, 0) is 39.2 Å². The first-order valence-corrected chi connectivity index (χ1v) is 14.6. The maximum atomic E-state index is 12.1. The Morgan fingerprint density at radius 2 is 1.75 bits per heavy atom. The number of alkyl carbamates (subject to hydrolysis) is 1. The van der Waals surface area contributed by atoms with Crippen LogP contribution in [0.25, 0.3) is 0 Å². The van der Waals surface area contributed by atoms with E-state index in [1.807, 2.05) is 20.8 Å². The van der Waals surface area contributed by atoms with Crippen LogP contribution < -0.4 is 16.0 Å². The van der Waals surface area contributed by atoms with Crippen molar-refractivity contribution in [3.63, 3.8) is 0 Å². The van der Waals surface area contributed by atoms with E-state index in [2.05, 4.69) is 35.6 Å². The molecule has 164 valence electrons. The fraction of sp³-hybridized carbons (Fsp3) is 0.905. The molecule has 7 heteroatoms. The molecule has 0 spiro atoms. The largest absolute Gasteiger partial charge is 0.450 e. The first-order chi connectivity index (χ1) is 12.9. The van der Waals surface area contributed by atoms with E-state index in [4.69, 9.17) is 4.74 Å². The molecule has 0 aromatic carbocycles. The lowest BCUT2D eigenvalue weighted by molar-refractivity contribution is -0.121. The van der Waals surface area contributed by atoms with Gasteiger partial charge < -0.3 is 20.7 Å². The van der Waals surface area contributed by atoms with Crippen molar-refractivity contribution in [3.8, 4) is 0 Å². The fourth-order valence-corrected chi connectivity index (χ4v) is 4.19. The monoisotopic (exact) mass is 413 g/mol. The van der Waals surface area contributed by atoms with Crippen molar-refractivity contribution in [1.29, 1.82) is 0 Å². The number of carbonyl (C=O) groups is 2. The van der Waals surface area contributed by atoms with Crippen molar-refractivity contribution in [2.45, 2.75) is 96.6 Å². The molecule has 1 rings (SSSR count). The van der Waals surface area contributed by atoms with E-state index in [0.717, 1.165) is 12.5 Å². The Hall–Kier alpha value is -1.08. The Morgan fingerprint density at radius 1 is 1.11 bits per heavy atom. The van der Waals surface area contributed by atoms with Crippen LogP contribution in [-0.4, -0.2) is 51.4 Å². The highest BCUT2D eigenvalue weighted by molar-refractivity contribution is 6.76. The zero-order chi connectivity index (χ0) is 21.2. The van der Waals surface area contributed by atoms with Crippen LogP contribution in [0.3, 0.4) is 0 Å². The molecule has 2 amide bonds. The third kappa shape index (κ3) is 13.2. The van der Waals surface area contributed by atoms with Gasteiger partial charge in [0.15, 0.2) is 0 Å². The van der Waals surface area contributed by atoms with E-state index in [0.29, 0.717) is 19.1 Å². The second-order valence-corrected chi connectivity index (χ2v) is 16.1. The number of hydrogen-bond acceptors (Lipinski definition) is 4. The van der Waals surface area contributed by atoms with Crippen molar-refractivity contribution in [2.75, 3.05) is 19.7 Å². The summed E-state index contributed by atoms with van der Waals surface area (Å²) in [6.45, 7) is 14.0. The average Bonchev–Trinajstić information content (AvgIpc) is 2.55. The number of rotatable bonds is 10. The van der Waals surface area contributed by atoms with Crippen LogP contribution in [0.2, 0.25) is 25.7 Å². The van der Waals surface area contributed by atoms with Crippen LogP contribution >= 0.6 is 0 Å². The lowest BCUT2D eigenvalue weighted by Gasteiger charge is -2.28. The Labute approximate surface area is 172 Å². The molecule has 6 nitrogen and oxygen atoms in total. The molecule has 0 radical (unpaired) electrons. The van der Waals surface area contributed by atoms with Gasteiger partial charge >= 0.3 is 6.09 Å². The van der Waals surface area contributed by atoms with E-state index in [9.17, 15) is 9.59 Å². The fourth-order valence-electron chi connectivity index (χ4n) is 3.47. The van der Waals surface area contributed by atoms with Crippen molar-refractivity contribution in [3.05, 3.63) is 0 Å². The van der Waals surface area contributed by atoms with Gasteiger partial charge in [0.1, 0.15) is 0 Å². The van der Waals surface area contributed by atoms with E-state index >= 15 is 0 Å². The van der Waals surface area contributed by atoms with Gasteiger partial charge in [-0.15, -0.1) is 0 Å². The number of nitrogens with one attached hydrogen (secondary N) is 3. The van der Waals surface area contributed by atoms with Gasteiger partial charge in [-0.3, -0.25) is 4.79 Å². The second-order valence-electron chi connectivity index (χ2n) is 10.4. The summed E-state index contributed by atoms with van der Waals surface area (Å²) in [5.41, 5.74) is -0.240. The molecule has 1 saturated carbocycles. The zero-order valence-corrected chi connectivity index (χ0v) is 20.0. The predicted molar refractivity (Wildman–Crippen MR) is 118 cm³/mol. The number of carbonyl (C=O) groups excluding carboxylic acids is 2. The van der Waals surface area contributed by atoms with Gasteiger partial charge in [0.25, 0.3) is 0 Å². The minimum absolute atomic E-state index is 0.0149. The Balaban J connectivity index is 2.45. The highest BCUT2D eigenvalue weighted by Crippen LogP contribution is 2.27. The van der Waals surface area contributed by atoms with Crippen LogP contribution in [0.4, 0.5) is 4.79 Å². The molecule has 1 atom stereocenters. The minimum Gasteiger partial charge on any atom is -0.450 e. The molecular weight excluding hydrogens is 370 g/mol. The molecule has 0 aromatic rings. The van der Waals surface area contributed by atoms with Crippen LogP contribution in [0, 0.1) is 5.92 Å². The van der Waals surface area contributed by atoms with Crippen molar-refractivity contribution in [2.24, 2.45) is 5.92 Å². The van der Waals surface area contributed by atoms with Gasteiger partial charge in [0.05, 0.1) is 13.2 Å². The highest BCUT2D eigenvalue weighted by atomic mass is 28.3. The number of hydrogen-bond donors (Lipinski definition) is 3. The third-order valence-electron chi connectivity index (χ3n) is 4.99. The summed E-state index contributed by atoms with van der Waals surface area (Å²) >= 11 is 0. The predicted octanol–water partition coefficient (Wildman–Crippen LogP) is 3.89. The van der Waals surface area contributed by atoms with Crippen LogP contribution in [0.5, 0.6) is 0 Å². The molecular formula is C21H43N3O3Si. The van der Waals surface area contributed by atoms with Crippen molar-refractivity contribution in [1.82, 2.24) is 16.0 Å². The van der Waals surface area contributed by atoms with Crippen molar-refractivity contribution < 1.29 is 14.3 Å². The topological polar surface area (TPSA) is 79.5 Å².